The highest BCUT2D eigenvalue weighted by Gasteiger charge is 2.23. The monoisotopic (exact) mass is 296 g/mol. The highest BCUT2D eigenvalue weighted by molar-refractivity contribution is 5.74. The van der Waals surface area contributed by atoms with Crippen molar-refractivity contribution in [1.82, 2.24) is 10.2 Å². The Balaban J connectivity index is 1.67. The molecule has 0 saturated carbocycles. The number of fused-ring (bicyclic) bond motifs is 1. The van der Waals surface area contributed by atoms with Gasteiger partial charge in [-0.1, -0.05) is 48.5 Å². The molecule has 1 aliphatic rings. The van der Waals surface area contributed by atoms with E-state index in [1.54, 1.807) is 4.90 Å². The van der Waals surface area contributed by atoms with E-state index in [1.165, 1.54) is 0 Å². The molecule has 1 unspecified atom stereocenters. The topological polar surface area (TPSA) is 41.6 Å². The van der Waals surface area contributed by atoms with Gasteiger partial charge in [0.15, 0.2) is 0 Å². The van der Waals surface area contributed by atoms with Crippen molar-refractivity contribution < 1.29 is 9.53 Å². The molecule has 2 aromatic carbocycles. The molecule has 0 aliphatic carbocycles. The molecule has 0 radical (unpaired) electrons. The minimum atomic E-state index is -0.0593. The van der Waals surface area contributed by atoms with Crippen molar-refractivity contribution in [2.45, 2.75) is 26.1 Å². The lowest BCUT2D eigenvalue weighted by Gasteiger charge is -2.22. The second-order valence-corrected chi connectivity index (χ2v) is 5.56. The zero-order valence-electron chi connectivity index (χ0n) is 12.7. The molecule has 0 aromatic heterocycles. The van der Waals surface area contributed by atoms with Gasteiger partial charge in [0.25, 0.3) is 0 Å². The van der Waals surface area contributed by atoms with E-state index in [4.69, 9.17) is 4.74 Å². The number of urea groups is 1. The maximum absolute atomic E-state index is 12.4. The van der Waals surface area contributed by atoms with Gasteiger partial charge < -0.3 is 15.0 Å². The summed E-state index contributed by atoms with van der Waals surface area (Å²) in [5, 5.41) is 2.98. The first kappa shape index (κ1) is 14.4. The van der Waals surface area contributed by atoms with Crippen LogP contribution in [0, 0.1) is 0 Å². The summed E-state index contributed by atoms with van der Waals surface area (Å²) in [7, 11) is 0. The summed E-state index contributed by atoms with van der Waals surface area (Å²) in [6.45, 7) is 3.67. The van der Waals surface area contributed by atoms with E-state index in [0.29, 0.717) is 19.6 Å². The van der Waals surface area contributed by atoms with Gasteiger partial charge in [0.05, 0.1) is 13.1 Å². The Morgan fingerprint density at radius 2 is 1.91 bits per heavy atom. The molecule has 4 nitrogen and oxygen atoms in total. The number of carbonyl (C=O) groups excluding carboxylic acids is 1. The van der Waals surface area contributed by atoms with Crippen molar-refractivity contribution in [3.8, 4) is 5.75 Å². The molecule has 4 heteroatoms. The van der Waals surface area contributed by atoms with Crippen molar-refractivity contribution >= 4 is 6.03 Å². The Morgan fingerprint density at radius 3 is 2.73 bits per heavy atom. The van der Waals surface area contributed by atoms with Gasteiger partial charge in [0, 0.05) is 12.1 Å². The number of rotatable bonds is 2. The maximum atomic E-state index is 12.4. The Morgan fingerprint density at radius 1 is 1.18 bits per heavy atom. The van der Waals surface area contributed by atoms with Crippen LogP contribution >= 0.6 is 0 Å². The van der Waals surface area contributed by atoms with E-state index < -0.39 is 0 Å². The summed E-state index contributed by atoms with van der Waals surface area (Å²) >= 11 is 0. The van der Waals surface area contributed by atoms with E-state index in [9.17, 15) is 4.79 Å². The first-order valence-corrected chi connectivity index (χ1v) is 7.53. The fourth-order valence-corrected chi connectivity index (χ4v) is 2.62. The third-order valence-electron chi connectivity index (χ3n) is 3.71. The lowest BCUT2D eigenvalue weighted by molar-refractivity contribution is 0.158. The number of para-hydroxylation sites is 1. The Hall–Kier alpha value is -2.49. The van der Waals surface area contributed by atoms with Crippen molar-refractivity contribution in [1.29, 1.82) is 0 Å². The number of hydrogen-bond acceptors (Lipinski definition) is 2. The van der Waals surface area contributed by atoms with E-state index >= 15 is 0 Å². The predicted molar refractivity (Wildman–Crippen MR) is 85.6 cm³/mol. The van der Waals surface area contributed by atoms with Crippen LogP contribution in [-0.2, 0) is 13.1 Å². The number of amides is 2. The molecule has 0 spiro atoms. The van der Waals surface area contributed by atoms with Crippen LogP contribution in [0.25, 0.3) is 0 Å². The molecular weight excluding hydrogens is 276 g/mol. The Kier molecular flexibility index (Phi) is 4.28. The highest BCUT2D eigenvalue weighted by atomic mass is 16.5. The molecule has 0 saturated heterocycles. The molecule has 114 valence electrons. The van der Waals surface area contributed by atoms with Crippen molar-refractivity contribution in [3.05, 3.63) is 65.7 Å². The summed E-state index contributed by atoms with van der Waals surface area (Å²) in [5.74, 6) is 0.869. The SMILES string of the molecule is CC1CN(C(=O)NCc2ccccc2)Cc2ccccc2O1. The third kappa shape index (κ3) is 3.39. The zero-order chi connectivity index (χ0) is 15.4. The highest BCUT2D eigenvalue weighted by Crippen LogP contribution is 2.24. The summed E-state index contributed by atoms with van der Waals surface area (Å²) in [5.41, 5.74) is 2.14. The number of nitrogens with one attached hydrogen (secondary N) is 1. The van der Waals surface area contributed by atoms with E-state index in [2.05, 4.69) is 5.32 Å². The van der Waals surface area contributed by atoms with Crippen LogP contribution in [-0.4, -0.2) is 23.6 Å². The minimum Gasteiger partial charge on any atom is -0.489 e. The van der Waals surface area contributed by atoms with Crippen LogP contribution in [0.1, 0.15) is 18.1 Å². The zero-order valence-corrected chi connectivity index (χ0v) is 12.7. The standard InChI is InChI=1S/C18H20N2O2/c1-14-12-20(13-16-9-5-6-10-17(16)22-14)18(21)19-11-15-7-3-2-4-8-15/h2-10,14H,11-13H2,1H3,(H,19,21). The average Bonchev–Trinajstić information content (AvgIpc) is 2.71. The normalized spacial score (nSPS) is 17.1. The second-order valence-electron chi connectivity index (χ2n) is 5.56. The van der Waals surface area contributed by atoms with Gasteiger partial charge in [-0.15, -0.1) is 0 Å². The van der Waals surface area contributed by atoms with Gasteiger partial charge in [0.2, 0.25) is 0 Å². The van der Waals surface area contributed by atoms with Crippen LogP contribution in [0.15, 0.2) is 54.6 Å². The van der Waals surface area contributed by atoms with E-state index in [-0.39, 0.29) is 12.1 Å². The minimum absolute atomic E-state index is 0.0221. The molecule has 2 aromatic rings. The molecule has 2 amide bonds. The first-order valence-electron chi connectivity index (χ1n) is 7.53. The van der Waals surface area contributed by atoms with Crippen LogP contribution in [0.4, 0.5) is 4.79 Å². The van der Waals surface area contributed by atoms with E-state index in [0.717, 1.165) is 16.9 Å². The summed E-state index contributed by atoms with van der Waals surface area (Å²) in [6, 6.07) is 17.7. The van der Waals surface area contributed by atoms with E-state index in [1.807, 2.05) is 61.5 Å². The van der Waals surface area contributed by atoms with Gasteiger partial charge in [-0.3, -0.25) is 0 Å². The molecule has 3 rings (SSSR count). The molecule has 1 aliphatic heterocycles. The number of carbonyl (C=O) groups is 1. The number of hydrogen-bond donors (Lipinski definition) is 1. The summed E-state index contributed by atoms with van der Waals surface area (Å²) in [6.07, 6.45) is -0.0221. The Labute approximate surface area is 130 Å². The maximum Gasteiger partial charge on any atom is 0.318 e. The smallest absolute Gasteiger partial charge is 0.318 e. The second kappa shape index (κ2) is 6.52. The molecule has 0 bridgehead atoms. The summed E-state index contributed by atoms with van der Waals surface area (Å²) < 4.78 is 5.88. The molecule has 22 heavy (non-hydrogen) atoms. The lowest BCUT2D eigenvalue weighted by Crippen LogP contribution is -2.42. The molecule has 1 atom stereocenters. The fraction of sp³-hybridized carbons (Fsp3) is 0.278. The molecule has 1 heterocycles. The summed E-state index contributed by atoms with van der Waals surface area (Å²) in [4.78, 5) is 14.2. The number of ether oxygens (including phenoxy) is 1. The van der Waals surface area contributed by atoms with Crippen molar-refractivity contribution in [2.75, 3.05) is 6.54 Å². The lowest BCUT2D eigenvalue weighted by atomic mass is 10.2. The van der Waals surface area contributed by atoms with Crippen molar-refractivity contribution in [3.63, 3.8) is 0 Å². The quantitative estimate of drug-likeness (QED) is 0.925. The van der Waals surface area contributed by atoms with Crippen LogP contribution < -0.4 is 10.1 Å². The first-order chi connectivity index (χ1) is 10.7. The van der Waals surface area contributed by atoms with Crippen molar-refractivity contribution in [2.24, 2.45) is 0 Å². The van der Waals surface area contributed by atoms with Gasteiger partial charge in [0.1, 0.15) is 11.9 Å². The van der Waals surface area contributed by atoms with Gasteiger partial charge in [-0.2, -0.15) is 0 Å². The molecule has 1 N–H and O–H groups in total. The molecule has 0 fully saturated rings. The fourth-order valence-electron chi connectivity index (χ4n) is 2.62. The van der Waals surface area contributed by atoms with Crippen LogP contribution in [0.3, 0.4) is 0 Å². The van der Waals surface area contributed by atoms with Crippen LogP contribution in [0.5, 0.6) is 5.75 Å². The predicted octanol–water partition coefficient (Wildman–Crippen LogP) is 3.18. The van der Waals surface area contributed by atoms with Gasteiger partial charge in [-0.25, -0.2) is 4.79 Å². The average molecular weight is 296 g/mol. The Bertz CT molecular complexity index is 643. The van der Waals surface area contributed by atoms with Gasteiger partial charge >= 0.3 is 6.03 Å². The number of nitrogens with zero attached hydrogens (tertiary/aromatic N) is 1. The van der Waals surface area contributed by atoms with Crippen LogP contribution in [0.2, 0.25) is 0 Å². The largest absolute Gasteiger partial charge is 0.489 e. The number of benzene rings is 2. The third-order valence-corrected chi connectivity index (χ3v) is 3.71. The molecular formula is C18H20N2O2. The van der Waals surface area contributed by atoms with Gasteiger partial charge in [-0.05, 0) is 18.6 Å².